The lowest BCUT2D eigenvalue weighted by molar-refractivity contribution is 0.320. The zero-order valence-electron chi connectivity index (χ0n) is 13.6. The Kier molecular flexibility index (Phi) is 4.32. The zero-order chi connectivity index (χ0) is 16.4. The largest absolute Gasteiger partial charge is 0.493 e. The van der Waals surface area contributed by atoms with Gasteiger partial charge in [0.2, 0.25) is 0 Å². The molecule has 0 saturated heterocycles. The average Bonchev–Trinajstić information content (AvgIpc) is 3.23. The van der Waals surface area contributed by atoms with Crippen molar-refractivity contribution in [1.82, 2.24) is 20.3 Å². The van der Waals surface area contributed by atoms with Crippen LogP contribution in [0.15, 0.2) is 36.0 Å². The summed E-state index contributed by atoms with van der Waals surface area (Å²) in [5, 5.41) is 6.65. The molecular formula is C18H20N4OS. The molecule has 24 heavy (non-hydrogen) atoms. The van der Waals surface area contributed by atoms with Crippen molar-refractivity contribution in [2.24, 2.45) is 0 Å². The molecule has 2 N–H and O–H groups in total. The first-order valence-electron chi connectivity index (χ1n) is 8.16. The van der Waals surface area contributed by atoms with Gasteiger partial charge in [0.1, 0.15) is 5.75 Å². The Morgan fingerprint density at radius 1 is 1.38 bits per heavy atom. The molecule has 1 aliphatic rings. The van der Waals surface area contributed by atoms with Crippen LogP contribution in [0.25, 0.3) is 0 Å². The molecule has 0 saturated carbocycles. The molecule has 0 radical (unpaired) electrons. The van der Waals surface area contributed by atoms with Gasteiger partial charge in [-0.15, -0.1) is 11.3 Å². The minimum atomic E-state index is 0.268. The molecular weight excluding hydrogens is 320 g/mol. The Balaban J connectivity index is 1.44. The maximum atomic E-state index is 5.94. The van der Waals surface area contributed by atoms with Gasteiger partial charge in [0.15, 0.2) is 0 Å². The van der Waals surface area contributed by atoms with Gasteiger partial charge in [0.25, 0.3) is 0 Å². The van der Waals surface area contributed by atoms with Gasteiger partial charge in [0, 0.05) is 30.8 Å². The number of thiazole rings is 1. The van der Waals surface area contributed by atoms with Crippen molar-refractivity contribution >= 4 is 11.3 Å². The van der Waals surface area contributed by atoms with Gasteiger partial charge in [-0.1, -0.05) is 12.1 Å². The van der Waals surface area contributed by atoms with E-state index in [1.807, 2.05) is 13.0 Å². The minimum absolute atomic E-state index is 0.268. The number of rotatable bonds is 5. The molecule has 124 valence electrons. The third-order valence-corrected chi connectivity index (χ3v) is 5.11. The molecule has 5 nitrogen and oxygen atoms in total. The first-order valence-corrected chi connectivity index (χ1v) is 9.04. The van der Waals surface area contributed by atoms with Gasteiger partial charge in [-0.25, -0.2) is 9.97 Å². The number of fused-ring (bicyclic) bond motifs is 1. The number of H-pyrrole nitrogens is 1. The standard InChI is InChI=1S/C18H20N4OS/c1-12-22-14(10-24-12)5-6-23-15-4-2-3-13(7-15)16-8-19-9-17-18(16)21-11-20-17/h2-4,7,10-11,16,19H,5-6,8-9H2,1H3,(H,20,21). The van der Waals surface area contributed by atoms with Crippen LogP contribution in [-0.2, 0) is 13.0 Å². The summed E-state index contributed by atoms with van der Waals surface area (Å²) in [6.07, 6.45) is 2.62. The number of nitrogens with zero attached hydrogens (tertiary/aromatic N) is 2. The number of hydrogen-bond donors (Lipinski definition) is 2. The smallest absolute Gasteiger partial charge is 0.119 e. The molecule has 0 fully saturated rings. The molecule has 0 spiro atoms. The highest BCUT2D eigenvalue weighted by Crippen LogP contribution is 2.29. The van der Waals surface area contributed by atoms with Crippen LogP contribution in [0.1, 0.15) is 33.6 Å². The maximum absolute atomic E-state index is 5.94. The third-order valence-electron chi connectivity index (χ3n) is 4.29. The molecule has 4 rings (SSSR count). The van der Waals surface area contributed by atoms with Crippen LogP contribution >= 0.6 is 11.3 Å². The van der Waals surface area contributed by atoms with E-state index in [4.69, 9.17) is 4.74 Å². The summed E-state index contributed by atoms with van der Waals surface area (Å²) >= 11 is 1.68. The second kappa shape index (κ2) is 6.75. The quantitative estimate of drug-likeness (QED) is 0.749. The summed E-state index contributed by atoms with van der Waals surface area (Å²) in [7, 11) is 0. The van der Waals surface area contributed by atoms with E-state index in [-0.39, 0.29) is 5.92 Å². The minimum Gasteiger partial charge on any atom is -0.493 e. The van der Waals surface area contributed by atoms with E-state index in [0.717, 1.165) is 41.7 Å². The Bertz CT molecular complexity index is 826. The summed E-state index contributed by atoms with van der Waals surface area (Å²) in [6.45, 7) is 4.43. The summed E-state index contributed by atoms with van der Waals surface area (Å²) in [6, 6.07) is 8.34. The zero-order valence-corrected chi connectivity index (χ0v) is 14.4. The van der Waals surface area contributed by atoms with Crippen molar-refractivity contribution < 1.29 is 4.74 Å². The first-order chi connectivity index (χ1) is 11.8. The van der Waals surface area contributed by atoms with Crippen LogP contribution in [0.3, 0.4) is 0 Å². The van der Waals surface area contributed by atoms with Crippen molar-refractivity contribution in [1.29, 1.82) is 0 Å². The van der Waals surface area contributed by atoms with E-state index < -0.39 is 0 Å². The van der Waals surface area contributed by atoms with E-state index in [9.17, 15) is 0 Å². The molecule has 1 aliphatic heterocycles. The number of benzene rings is 1. The Hall–Kier alpha value is -2.18. The lowest BCUT2D eigenvalue weighted by Crippen LogP contribution is -2.28. The normalized spacial score (nSPS) is 16.8. The van der Waals surface area contributed by atoms with Gasteiger partial charge in [0.05, 0.1) is 35.0 Å². The second-order valence-electron chi connectivity index (χ2n) is 5.98. The number of ether oxygens (including phenoxy) is 1. The number of imidazole rings is 1. The highest BCUT2D eigenvalue weighted by atomic mass is 32.1. The summed E-state index contributed by atoms with van der Waals surface area (Å²) in [5.74, 6) is 1.17. The van der Waals surface area contributed by atoms with E-state index in [2.05, 4.69) is 43.8 Å². The fraction of sp³-hybridized carbons (Fsp3) is 0.333. The summed E-state index contributed by atoms with van der Waals surface area (Å²) in [4.78, 5) is 12.2. The number of hydrogen-bond acceptors (Lipinski definition) is 5. The summed E-state index contributed by atoms with van der Waals surface area (Å²) < 4.78 is 5.94. The van der Waals surface area contributed by atoms with Crippen molar-refractivity contribution in [3.05, 3.63) is 63.6 Å². The fourth-order valence-electron chi connectivity index (χ4n) is 3.10. The Labute approximate surface area is 145 Å². The van der Waals surface area contributed by atoms with Crippen LogP contribution in [0, 0.1) is 6.92 Å². The van der Waals surface area contributed by atoms with Gasteiger partial charge < -0.3 is 15.0 Å². The van der Waals surface area contributed by atoms with Gasteiger partial charge in [-0.2, -0.15) is 0 Å². The van der Waals surface area contributed by atoms with Crippen molar-refractivity contribution in [2.75, 3.05) is 13.2 Å². The highest BCUT2D eigenvalue weighted by molar-refractivity contribution is 7.09. The highest BCUT2D eigenvalue weighted by Gasteiger charge is 2.24. The molecule has 0 aliphatic carbocycles. The number of aromatic amines is 1. The fourth-order valence-corrected chi connectivity index (χ4v) is 3.75. The predicted octanol–water partition coefficient (Wildman–Crippen LogP) is 3.03. The molecule has 0 bridgehead atoms. The predicted molar refractivity (Wildman–Crippen MR) is 94.6 cm³/mol. The van der Waals surface area contributed by atoms with Crippen molar-refractivity contribution in [3.8, 4) is 5.75 Å². The van der Waals surface area contributed by atoms with Crippen LogP contribution in [0.4, 0.5) is 0 Å². The first kappa shape index (κ1) is 15.4. The molecule has 2 aromatic heterocycles. The molecule has 1 atom stereocenters. The second-order valence-corrected chi connectivity index (χ2v) is 7.04. The lowest BCUT2D eigenvalue weighted by Gasteiger charge is -2.23. The molecule has 1 unspecified atom stereocenters. The maximum Gasteiger partial charge on any atom is 0.119 e. The van der Waals surface area contributed by atoms with E-state index in [1.54, 1.807) is 17.7 Å². The summed E-state index contributed by atoms with van der Waals surface area (Å²) in [5.41, 5.74) is 4.66. The van der Waals surface area contributed by atoms with Gasteiger partial charge in [-0.3, -0.25) is 0 Å². The van der Waals surface area contributed by atoms with Gasteiger partial charge in [-0.05, 0) is 24.6 Å². The van der Waals surface area contributed by atoms with Crippen molar-refractivity contribution in [2.45, 2.75) is 25.8 Å². The average molecular weight is 340 g/mol. The molecule has 0 amide bonds. The van der Waals surface area contributed by atoms with Gasteiger partial charge >= 0.3 is 0 Å². The SMILES string of the molecule is Cc1nc(CCOc2cccc(C3CNCc4[nH]cnc43)c2)cs1. The van der Waals surface area contributed by atoms with E-state index in [1.165, 1.54) is 11.3 Å². The molecule has 1 aromatic carbocycles. The van der Waals surface area contributed by atoms with E-state index >= 15 is 0 Å². The van der Waals surface area contributed by atoms with E-state index in [0.29, 0.717) is 6.61 Å². The monoisotopic (exact) mass is 340 g/mol. The Morgan fingerprint density at radius 2 is 2.33 bits per heavy atom. The molecule has 6 heteroatoms. The number of aromatic nitrogens is 3. The van der Waals surface area contributed by atoms with Crippen molar-refractivity contribution in [3.63, 3.8) is 0 Å². The van der Waals surface area contributed by atoms with Crippen LogP contribution < -0.4 is 10.1 Å². The molecule has 3 heterocycles. The van der Waals surface area contributed by atoms with Crippen LogP contribution in [-0.4, -0.2) is 28.1 Å². The van der Waals surface area contributed by atoms with Crippen LogP contribution in [0.5, 0.6) is 5.75 Å². The Morgan fingerprint density at radius 3 is 3.21 bits per heavy atom. The topological polar surface area (TPSA) is 62.8 Å². The molecule has 3 aromatic rings. The van der Waals surface area contributed by atoms with Crippen LogP contribution in [0.2, 0.25) is 0 Å². The third kappa shape index (κ3) is 3.20. The number of aryl methyl sites for hydroxylation is 1. The number of nitrogens with one attached hydrogen (secondary N) is 2. The lowest BCUT2D eigenvalue weighted by atomic mass is 9.92.